The van der Waals surface area contributed by atoms with Crippen molar-refractivity contribution in [2.24, 2.45) is 0 Å². The molecule has 0 radical (unpaired) electrons. The van der Waals surface area contributed by atoms with Crippen LogP contribution in [-0.4, -0.2) is 46.9 Å². The Bertz CT molecular complexity index is 1160. The SMILES string of the molecule is C=CCN1C(=O)c2[nH]nc(-c3c(C)cc(C)cc3O)c2C1c1ccc(OC)c(OC)c1. The van der Waals surface area contributed by atoms with Crippen LogP contribution in [0.15, 0.2) is 43.0 Å². The molecule has 1 unspecified atom stereocenters. The molecule has 1 atom stereocenters. The normalized spacial score (nSPS) is 15.2. The average molecular weight is 419 g/mol. The number of H-pyrrole nitrogens is 1. The van der Waals surface area contributed by atoms with Crippen molar-refractivity contribution in [3.8, 4) is 28.5 Å². The number of fused-ring (bicyclic) bond motifs is 1. The summed E-state index contributed by atoms with van der Waals surface area (Å²) in [5.41, 5.74) is 4.99. The first-order valence-electron chi connectivity index (χ1n) is 9.93. The number of amides is 1. The molecular weight excluding hydrogens is 394 g/mol. The van der Waals surface area contributed by atoms with Gasteiger partial charge in [0.05, 0.1) is 20.3 Å². The van der Waals surface area contributed by atoms with E-state index in [0.29, 0.717) is 35.0 Å². The molecule has 0 aliphatic carbocycles. The summed E-state index contributed by atoms with van der Waals surface area (Å²) in [6, 6.07) is 8.85. The molecule has 0 fully saturated rings. The molecule has 31 heavy (non-hydrogen) atoms. The summed E-state index contributed by atoms with van der Waals surface area (Å²) in [5.74, 6) is 1.13. The van der Waals surface area contributed by atoms with Gasteiger partial charge in [-0.05, 0) is 48.7 Å². The highest BCUT2D eigenvalue weighted by atomic mass is 16.5. The lowest BCUT2D eigenvalue weighted by Gasteiger charge is -2.26. The van der Waals surface area contributed by atoms with Crippen LogP contribution in [0.4, 0.5) is 0 Å². The van der Waals surface area contributed by atoms with Crippen molar-refractivity contribution in [2.45, 2.75) is 19.9 Å². The van der Waals surface area contributed by atoms with Crippen molar-refractivity contribution < 1.29 is 19.4 Å². The second kappa shape index (κ2) is 7.83. The third-order valence-electron chi connectivity index (χ3n) is 5.61. The molecule has 1 aliphatic rings. The van der Waals surface area contributed by atoms with Gasteiger partial charge in [0.25, 0.3) is 5.91 Å². The fraction of sp³-hybridized carbons (Fsp3) is 0.250. The van der Waals surface area contributed by atoms with Gasteiger partial charge in [0.1, 0.15) is 17.1 Å². The number of aromatic hydroxyl groups is 1. The Morgan fingerprint density at radius 1 is 1.19 bits per heavy atom. The Morgan fingerprint density at radius 3 is 2.58 bits per heavy atom. The van der Waals surface area contributed by atoms with Gasteiger partial charge in [-0.1, -0.05) is 18.2 Å². The monoisotopic (exact) mass is 419 g/mol. The van der Waals surface area contributed by atoms with E-state index < -0.39 is 6.04 Å². The molecule has 1 aliphatic heterocycles. The summed E-state index contributed by atoms with van der Waals surface area (Å²) in [7, 11) is 3.15. The maximum absolute atomic E-state index is 13.2. The summed E-state index contributed by atoms with van der Waals surface area (Å²) < 4.78 is 10.8. The van der Waals surface area contributed by atoms with E-state index in [-0.39, 0.29) is 11.7 Å². The standard InChI is InChI=1S/C24H25N3O4/c1-6-9-27-23(15-7-8-17(30-4)18(12-15)31-5)20-21(25-26-22(20)24(27)29)19-14(3)10-13(2)11-16(19)28/h6-8,10-12,23,28H,1,9H2,2-5H3,(H,25,26). The highest BCUT2D eigenvalue weighted by molar-refractivity contribution is 6.00. The number of hydrogen-bond donors (Lipinski definition) is 2. The van der Waals surface area contributed by atoms with Gasteiger partial charge in [-0.2, -0.15) is 5.10 Å². The minimum Gasteiger partial charge on any atom is -0.507 e. The zero-order valence-corrected chi connectivity index (χ0v) is 18.0. The number of nitrogens with zero attached hydrogens (tertiary/aromatic N) is 2. The largest absolute Gasteiger partial charge is 0.507 e. The molecule has 2 aromatic carbocycles. The molecule has 2 N–H and O–H groups in total. The Labute approximate surface area is 180 Å². The van der Waals surface area contributed by atoms with E-state index in [1.54, 1.807) is 31.3 Å². The molecule has 1 amide bonds. The quantitative estimate of drug-likeness (QED) is 0.586. The number of rotatable bonds is 6. The van der Waals surface area contributed by atoms with E-state index in [4.69, 9.17) is 9.47 Å². The molecule has 0 bridgehead atoms. The molecule has 0 saturated carbocycles. The minimum atomic E-state index is -0.422. The minimum absolute atomic E-state index is 0.132. The maximum Gasteiger partial charge on any atom is 0.273 e. The smallest absolute Gasteiger partial charge is 0.273 e. The summed E-state index contributed by atoms with van der Waals surface area (Å²) in [5, 5.41) is 18.1. The number of hydrogen-bond acceptors (Lipinski definition) is 5. The van der Waals surface area contributed by atoms with Crippen LogP contribution in [0.25, 0.3) is 11.3 Å². The topological polar surface area (TPSA) is 87.7 Å². The Morgan fingerprint density at radius 2 is 1.94 bits per heavy atom. The van der Waals surface area contributed by atoms with Crippen LogP contribution in [0, 0.1) is 13.8 Å². The predicted molar refractivity (Wildman–Crippen MR) is 118 cm³/mol. The zero-order valence-electron chi connectivity index (χ0n) is 18.0. The van der Waals surface area contributed by atoms with E-state index >= 15 is 0 Å². The molecule has 7 nitrogen and oxygen atoms in total. The number of carbonyl (C=O) groups excluding carboxylic acids is 1. The predicted octanol–water partition coefficient (Wildman–Crippen LogP) is 4.15. The fourth-order valence-corrected chi connectivity index (χ4v) is 4.34. The van der Waals surface area contributed by atoms with E-state index in [0.717, 1.165) is 22.3 Å². The van der Waals surface area contributed by atoms with Gasteiger partial charge in [0, 0.05) is 17.7 Å². The molecule has 2 heterocycles. The lowest BCUT2D eigenvalue weighted by Crippen LogP contribution is -2.29. The van der Waals surface area contributed by atoms with Gasteiger partial charge in [-0.25, -0.2) is 0 Å². The third kappa shape index (κ3) is 3.22. The first kappa shape index (κ1) is 20.5. The molecular formula is C24H25N3O4. The molecule has 160 valence electrons. The van der Waals surface area contributed by atoms with Gasteiger partial charge in [-0.15, -0.1) is 6.58 Å². The number of ether oxygens (including phenoxy) is 2. The second-order valence-electron chi connectivity index (χ2n) is 7.60. The van der Waals surface area contributed by atoms with Crippen LogP contribution < -0.4 is 9.47 Å². The van der Waals surface area contributed by atoms with E-state index in [2.05, 4.69) is 16.8 Å². The Kier molecular flexibility index (Phi) is 5.19. The number of aromatic amines is 1. The molecule has 7 heteroatoms. The van der Waals surface area contributed by atoms with E-state index in [1.807, 2.05) is 38.1 Å². The van der Waals surface area contributed by atoms with Gasteiger partial charge in [0.2, 0.25) is 0 Å². The highest BCUT2D eigenvalue weighted by Gasteiger charge is 2.42. The number of nitrogens with one attached hydrogen (secondary N) is 1. The number of carbonyl (C=O) groups is 1. The van der Waals surface area contributed by atoms with Crippen molar-refractivity contribution in [3.63, 3.8) is 0 Å². The number of phenols is 1. The first-order chi connectivity index (χ1) is 14.9. The number of methoxy groups -OCH3 is 2. The Hall–Kier alpha value is -3.74. The number of aromatic nitrogens is 2. The van der Waals surface area contributed by atoms with Crippen LogP contribution >= 0.6 is 0 Å². The van der Waals surface area contributed by atoms with Crippen LogP contribution in [0.3, 0.4) is 0 Å². The van der Waals surface area contributed by atoms with Gasteiger partial charge in [0.15, 0.2) is 11.5 Å². The molecule has 0 spiro atoms. The summed E-state index contributed by atoms with van der Waals surface area (Å²) in [6.07, 6.45) is 1.69. The second-order valence-corrected chi connectivity index (χ2v) is 7.60. The highest BCUT2D eigenvalue weighted by Crippen LogP contribution is 2.46. The molecule has 0 saturated heterocycles. The number of aryl methyl sites for hydroxylation is 2. The van der Waals surface area contributed by atoms with Gasteiger partial charge < -0.3 is 19.5 Å². The van der Waals surface area contributed by atoms with Crippen LogP contribution in [0.5, 0.6) is 17.2 Å². The van der Waals surface area contributed by atoms with Gasteiger partial charge in [-0.3, -0.25) is 9.89 Å². The molecule has 1 aromatic heterocycles. The zero-order chi connectivity index (χ0) is 22.3. The van der Waals surface area contributed by atoms with Crippen molar-refractivity contribution in [1.82, 2.24) is 15.1 Å². The fourth-order valence-electron chi connectivity index (χ4n) is 4.34. The van der Waals surface area contributed by atoms with Crippen LogP contribution in [-0.2, 0) is 0 Å². The number of phenolic OH excluding ortho intramolecular Hbond substituents is 1. The Balaban J connectivity index is 1.95. The van der Waals surface area contributed by atoms with Crippen molar-refractivity contribution in [3.05, 3.63) is 70.9 Å². The van der Waals surface area contributed by atoms with Crippen molar-refractivity contribution in [2.75, 3.05) is 20.8 Å². The van der Waals surface area contributed by atoms with Crippen LogP contribution in [0.1, 0.15) is 38.8 Å². The first-order valence-corrected chi connectivity index (χ1v) is 9.93. The van der Waals surface area contributed by atoms with Crippen LogP contribution in [0.2, 0.25) is 0 Å². The molecule has 3 aromatic rings. The third-order valence-corrected chi connectivity index (χ3v) is 5.61. The maximum atomic E-state index is 13.2. The average Bonchev–Trinajstić information content (AvgIpc) is 3.27. The lowest BCUT2D eigenvalue weighted by molar-refractivity contribution is 0.0764. The van der Waals surface area contributed by atoms with Crippen molar-refractivity contribution in [1.29, 1.82) is 0 Å². The van der Waals surface area contributed by atoms with Gasteiger partial charge >= 0.3 is 0 Å². The van der Waals surface area contributed by atoms with Crippen molar-refractivity contribution >= 4 is 5.91 Å². The molecule has 4 rings (SSSR count). The summed E-state index contributed by atoms with van der Waals surface area (Å²) in [6.45, 7) is 8.02. The summed E-state index contributed by atoms with van der Waals surface area (Å²) >= 11 is 0. The summed E-state index contributed by atoms with van der Waals surface area (Å²) in [4.78, 5) is 14.9. The van der Waals surface area contributed by atoms with E-state index in [9.17, 15) is 9.90 Å². The number of benzene rings is 2. The lowest BCUT2D eigenvalue weighted by atomic mass is 9.93. The van der Waals surface area contributed by atoms with E-state index in [1.165, 1.54) is 0 Å².